The van der Waals surface area contributed by atoms with Gasteiger partial charge in [0.25, 0.3) is 46.6 Å². The van der Waals surface area contributed by atoms with Gasteiger partial charge in [-0.1, -0.05) is 267 Å². The number of nitro benzene ring substituents is 3. The Balaban J connectivity index is 0.000000108. The van der Waals surface area contributed by atoms with Crippen LogP contribution in [-0.2, 0) is 68.9 Å². The van der Waals surface area contributed by atoms with Gasteiger partial charge in [0.1, 0.15) is 48.3 Å². The molecule has 10 atom stereocenters. The Morgan fingerprint density at radius 3 is 0.796 bits per heavy atom. The van der Waals surface area contributed by atoms with Crippen molar-refractivity contribution in [2.45, 2.75) is 138 Å². The van der Waals surface area contributed by atoms with Gasteiger partial charge in [-0.2, -0.15) is 0 Å². The van der Waals surface area contributed by atoms with Gasteiger partial charge in [0.05, 0.1) is 43.2 Å². The van der Waals surface area contributed by atoms with E-state index < -0.39 is 20.9 Å². The van der Waals surface area contributed by atoms with E-state index in [4.69, 9.17) is 0 Å². The van der Waals surface area contributed by atoms with Gasteiger partial charge in [-0.15, -0.1) is 0 Å². The fourth-order valence-electron chi connectivity index (χ4n) is 22.0. The van der Waals surface area contributed by atoms with Crippen LogP contribution in [0, 0.1) is 30.3 Å². The van der Waals surface area contributed by atoms with Crippen LogP contribution in [0.5, 0.6) is 5.75 Å². The van der Waals surface area contributed by atoms with E-state index in [1.54, 1.807) is 73.6 Å². The Bertz CT molecular complexity index is 7330. The highest BCUT2D eigenvalue weighted by atomic mass is 16.6. The van der Waals surface area contributed by atoms with Crippen molar-refractivity contribution >= 4 is 103 Å². The first-order chi connectivity index (χ1) is 71.9. The van der Waals surface area contributed by atoms with Gasteiger partial charge in [-0.05, 0) is 211 Å². The Kier molecular flexibility index (Phi) is 27.1. The van der Waals surface area contributed by atoms with Crippen LogP contribution in [0.4, 0.5) is 73.9 Å². The van der Waals surface area contributed by atoms with Crippen LogP contribution in [0.25, 0.3) is 0 Å². The summed E-state index contributed by atoms with van der Waals surface area (Å²) in [6, 6.07) is 126. The molecule has 30 nitrogen and oxygen atoms in total. The van der Waals surface area contributed by atoms with Crippen LogP contribution in [0.1, 0.15) is 106 Å². The lowest BCUT2D eigenvalue weighted by Gasteiger charge is -2.37. The summed E-state index contributed by atoms with van der Waals surface area (Å²) in [6.07, 6.45) is 8.10. The fourth-order valence-corrected chi connectivity index (χ4v) is 22.0. The van der Waals surface area contributed by atoms with Crippen molar-refractivity contribution in [1.82, 2.24) is 25.0 Å². The van der Waals surface area contributed by atoms with Crippen molar-refractivity contribution in [2.24, 2.45) is 0 Å². The summed E-state index contributed by atoms with van der Waals surface area (Å²) < 4.78 is 0. The molecule has 25 rings (SSSR count). The summed E-state index contributed by atoms with van der Waals surface area (Å²) >= 11 is 0. The van der Waals surface area contributed by atoms with E-state index in [0.717, 1.165) is 132 Å². The number of fused-ring (bicyclic) bond motifs is 15. The quantitative estimate of drug-likeness (QED) is 0.0305. The Morgan fingerprint density at radius 1 is 0.245 bits per heavy atom. The van der Waals surface area contributed by atoms with Crippen molar-refractivity contribution in [3.8, 4) is 5.75 Å². The number of anilines is 10. The standard InChI is InChI=1S/2C24H22N4O3.C23H20N4O3.C23H21N3O2.C23H21N3O/c29-24-22-15-12-18-6-4-5-9-21(18)26(22)23(27(24)25-19-7-2-1-3-8-19)16-17-10-13-20(14-11-17)28(30)31;29-24-22-15-10-18-8-4-5-9-21(18)26(22)23(16-17-6-2-1-3-7-17)27(24)25-19-11-13-20(14-12-19)28(30)31;28-23-21-15-10-16-6-4-5-9-20(16)25(21)22(17-7-2-1-3-8-17)26(23)24-18-11-13-19(14-12-18)27(29)30;27-21-13-7-5-11-18(21)22-25-19-12-6-4-8-16(19)14-15-20(25)23(28)26(22)24-17-9-2-1-3-10-17;27-23-21-16-15-17-9-7-8-14-20(17)25(21)22(18-10-3-1-4-11-18)26(23)24-19-12-5-2-6-13-19/h1-11,13-14,22-23,25H,12,15-16H2;1-9,11-14,22-23,25H,10,15-16H2;1-9,11-14,21-22,24H,10,15H2;1-13,20,22,24,27H,14-15H2;1-14,21-22,24H,15-16H2/t2*22?,23-;21?,22-;20?,22-;21?,22-/m11111/s1. The summed E-state index contributed by atoms with van der Waals surface area (Å²) in [5.74, 6) is 0.397. The number of aromatic hydroxyl groups is 1. The first-order valence-electron chi connectivity index (χ1n) is 49.5. The van der Waals surface area contributed by atoms with Gasteiger partial charge >= 0.3 is 0 Å². The summed E-state index contributed by atoms with van der Waals surface area (Å²) in [7, 11) is 0. The van der Waals surface area contributed by atoms with Crippen LogP contribution in [0.2, 0.25) is 0 Å². The molecule has 10 heterocycles. The Morgan fingerprint density at radius 2 is 0.476 bits per heavy atom. The number of phenols is 1. The first-order valence-corrected chi connectivity index (χ1v) is 49.5. The molecule has 6 N–H and O–H groups in total. The molecule has 5 unspecified atom stereocenters. The average molecular weight is 1960 g/mol. The van der Waals surface area contributed by atoms with Gasteiger partial charge < -0.3 is 29.6 Å². The maximum absolute atomic E-state index is 13.4. The number of non-ortho nitro benzene ring substituents is 3. The molecular weight excluding hydrogens is 1850 g/mol. The van der Waals surface area contributed by atoms with Gasteiger partial charge in [0, 0.05) is 83.2 Å². The number of amides is 5. The smallest absolute Gasteiger partial charge is 0.269 e. The first kappa shape index (κ1) is 94.9. The fraction of sp³-hybridized carbons (Fsp3) is 0.188. The second-order valence-electron chi connectivity index (χ2n) is 37.5. The highest BCUT2D eigenvalue weighted by Gasteiger charge is 2.55. The van der Waals surface area contributed by atoms with Gasteiger partial charge in [-0.25, -0.2) is 25.0 Å². The van der Waals surface area contributed by atoms with Crippen molar-refractivity contribution in [3.05, 3.63) is 486 Å². The maximum atomic E-state index is 13.4. The zero-order valence-corrected chi connectivity index (χ0v) is 80.1. The lowest BCUT2D eigenvalue weighted by atomic mass is 9.95. The largest absolute Gasteiger partial charge is 0.508 e. The number of hydrogen-bond donors (Lipinski definition) is 6. The zero-order chi connectivity index (χ0) is 101. The monoisotopic (exact) mass is 1950 g/mol. The number of carbonyl (C=O) groups is 5. The highest BCUT2D eigenvalue weighted by molar-refractivity contribution is 5.96. The molecule has 0 radical (unpaired) electrons. The number of benzene rings is 15. The van der Waals surface area contributed by atoms with Crippen LogP contribution in [0.3, 0.4) is 0 Å². The number of nitro groups is 3. The van der Waals surface area contributed by atoms with Crippen molar-refractivity contribution < 1.29 is 43.8 Å². The number of rotatable bonds is 20. The summed E-state index contributed by atoms with van der Waals surface area (Å²) in [6.45, 7) is 0. The van der Waals surface area contributed by atoms with E-state index >= 15 is 0 Å². The molecule has 0 aliphatic carbocycles. The zero-order valence-electron chi connectivity index (χ0n) is 80.1. The SMILES string of the molecule is O=C1C2CCc3ccccc3N2[C@@H](Cc2ccc([N+](=O)[O-])cc2)N1Nc1ccccc1.O=C1C2CCc3ccccc3N2[C@@H](Cc2ccccc2)N1Nc1ccc([N+](=O)[O-])cc1.O=C1C2CCc3ccccc3N2[C@@H](c2ccccc2)N1Nc1ccc([N+](=O)[O-])cc1.O=C1C2CCc3ccccc3N2[C@@H](c2ccccc2)N1Nc1ccccc1.O=C1C2CCc3ccccc3N2[C@@H](c2ccccc2O)N1Nc1ccccc1. The third-order valence-electron chi connectivity index (χ3n) is 28.8. The summed E-state index contributed by atoms with van der Waals surface area (Å²) in [5.41, 5.74) is 37.0. The van der Waals surface area contributed by atoms with Crippen LogP contribution < -0.4 is 51.6 Å². The van der Waals surface area contributed by atoms with Gasteiger partial charge in [0.15, 0.2) is 18.5 Å². The molecule has 5 saturated heterocycles. The maximum Gasteiger partial charge on any atom is 0.269 e. The van der Waals surface area contributed by atoms with Crippen molar-refractivity contribution in [1.29, 1.82) is 0 Å². The minimum atomic E-state index is -0.436. The number of carbonyl (C=O) groups excluding carboxylic acids is 5. The molecule has 147 heavy (non-hydrogen) atoms. The molecule has 15 aromatic carbocycles. The Labute approximate surface area is 849 Å². The van der Waals surface area contributed by atoms with E-state index in [1.165, 1.54) is 64.2 Å². The molecule has 15 aromatic rings. The second kappa shape index (κ2) is 42.1. The molecule has 5 amide bonds. The molecule has 0 saturated carbocycles. The minimum Gasteiger partial charge on any atom is -0.508 e. The van der Waals surface area contributed by atoms with E-state index in [0.29, 0.717) is 29.8 Å². The number of nitrogens with one attached hydrogen (secondary N) is 5. The molecule has 0 spiro atoms. The average Bonchev–Trinajstić information content (AvgIpc) is 1.62. The number of para-hydroxylation sites is 9. The van der Waals surface area contributed by atoms with E-state index in [9.17, 15) is 59.4 Å². The van der Waals surface area contributed by atoms with E-state index in [1.807, 2.05) is 218 Å². The molecule has 736 valence electrons. The van der Waals surface area contributed by atoms with Crippen molar-refractivity contribution in [2.75, 3.05) is 51.6 Å². The third kappa shape index (κ3) is 19.4. The summed E-state index contributed by atoms with van der Waals surface area (Å²) in [4.78, 5) is 110. The minimum absolute atomic E-state index is 0.00305. The number of phenolic OH excluding ortho intramolecular Hbond substituents is 1. The lowest BCUT2D eigenvalue weighted by Crippen LogP contribution is -2.46. The third-order valence-corrected chi connectivity index (χ3v) is 28.8. The normalized spacial score (nSPS) is 20.1. The summed E-state index contributed by atoms with van der Waals surface area (Å²) in [5, 5.41) is 52.1. The molecule has 0 bridgehead atoms. The number of hydrazine groups is 5. The highest BCUT2D eigenvalue weighted by Crippen LogP contribution is 2.51. The topological polar surface area (TPSA) is 328 Å². The van der Waals surface area contributed by atoms with E-state index in [2.05, 4.69) is 149 Å². The molecule has 5 fully saturated rings. The molecule has 10 aliphatic rings. The number of aryl methyl sites for hydroxylation is 5. The molecule has 10 aliphatic heterocycles. The van der Waals surface area contributed by atoms with Crippen LogP contribution >= 0.6 is 0 Å². The van der Waals surface area contributed by atoms with Gasteiger partial charge in [-0.3, -0.25) is 81.4 Å². The van der Waals surface area contributed by atoms with Crippen LogP contribution in [0.15, 0.2) is 400 Å². The second-order valence-corrected chi connectivity index (χ2v) is 37.5. The van der Waals surface area contributed by atoms with Gasteiger partial charge in [0.2, 0.25) is 0 Å². The predicted octanol–water partition coefficient (Wildman–Crippen LogP) is 21.0. The van der Waals surface area contributed by atoms with Crippen molar-refractivity contribution in [3.63, 3.8) is 0 Å². The molecular formula is C117H106N18O12. The predicted molar refractivity (Wildman–Crippen MR) is 567 cm³/mol. The molecule has 0 aromatic heterocycles. The van der Waals surface area contributed by atoms with Crippen LogP contribution in [-0.4, -0.2) is 117 Å². The number of nitrogens with zero attached hydrogens (tertiary/aromatic N) is 13. The molecule has 30 heteroatoms. The lowest BCUT2D eigenvalue weighted by molar-refractivity contribution is -0.385. The number of hydrogen-bond acceptors (Lipinski definition) is 22. The van der Waals surface area contributed by atoms with E-state index in [-0.39, 0.29) is 107 Å². The Hall–Kier alpha value is -18.4.